The van der Waals surface area contributed by atoms with Crippen molar-refractivity contribution in [1.29, 1.82) is 0 Å². The van der Waals surface area contributed by atoms with Crippen LogP contribution in [0.3, 0.4) is 0 Å². The molecule has 5 heteroatoms. The molecule has 0 saturated heterocycles. The first-order valence-corrected chi connectivity index (χ1v) is 7.02. The number of fused-ring (bicyclic) bond motifs is 1. The molecular weight excluding hydrogens is 260 g/mol. The summed E-state index contributed by atoms with van der Waals surface area (Å²) in [6.45, 7) is 6.51. The van der Waals surface area contributed by atoms with E-state index in [1.54, 1.807) is 0 Å². The third-order valence-electron chi connectivity index (χ3n) is 2.75. The molecule has 0 bridgehead atoms. The van der Waals surface area contributed by atoms with E-state index in [0.717, 1.165) is 34.7 Å². The SMILES string of the molecule is C=CCCn1c(SCC(=O)O)nc2cc(C)ccc21. The Bertz CT molecular complexity index is 619. The lowest BCUT2D eigenvalue weighted by atomic mass is 10.2. The van der Waals surface area contributed by atoms with Crippen LogP contribution in [-0.4, -0.2) is 26.4 Å². The number of carboxylic acids is 1. The number of thioether (sulfide) groups is 1. The van der Waals surface area contributed by atoms with Crippen LogP contribution < -0.4 is 0 Å². The number of carboxylic acid groups (broad SMARTS) is 1. The third kappa shape index (κ3) is 3.17. The molecule has 0 aliphatic rings. The summed E-state index contributed by atoms with van der Waals surface area (Å²) in [5.41, 5.74) is 3.10. The highest BCUT2D eigenvalue weighted by Gasteiger charge is 2.12. The average molecular weight is 276 g/mol. The van der Waals surface area contributed by atoms with Gasteiger partial charge in [0.1, 0.15) is 0 Å². The highest BCUT2D eigenvalue weighted by atomic mass is 32.2. The second kappa shape index (κ2) is 5.93. The van der Waals surface area contributed by atoms with Gasteiger partial charge in [-0.05, 0) is 31.0 Å². The summed E-state index contributed by atoms with van der Waals surface area (Å²) in [4.78, 5) is 15.2. The van der Waals surface area contributed by atoms with Crippen LogP contribution in [0.5, 0.6) is 0 Å². The molecule has 4 nitrogen and oxygen atoms in total. The van der Waals surface area contributed by atoms with Crippen molar-refractivity contribution in [3.8, 4) is 0 Å². The monoisotopic (exact) mass is 276 g/mol. The zero-order chi connectivity index (χ0) is 13.8. The van der Waals surface area contributed by atoms with E-state index in [1.807, 2.05) is 31.2 Å². The number of aliphatic carboxylic acids is 1. The van der Waals surface area contributed by atoms with Crippen molar-refractivity contribution < 1.29 is 9.90 Å². The van der Waals surface area contributed by atoms with Gasteiger partial charge in [0.2, 0.25) is 0 Å². The molecule has 19 heavy (non-hydrogen) atoms. The van der Waals surface area contributed by atoms with Gasteiger partial charge in [0.05, 0.1) is 16.8 Å². The average Bonchev–Trinajstić information content (AvgIpc) is 2.70. The molecule has 0 unspecified atom stereocenters. The number of carbonyl (C=O) groups is 1. The molecule has 1 N–H and O–H groups in total. The highest BCUT2D eigenvalue weighted by molar-refractivity contribution is 7.99. The van der Waals surface area contributed by atoms with Gasteiger partial charge in [-0.2, -0.15) is 0 Å². The Labute approximate surface area is 116 Å². The first-order chi connectivity index (χ1) is 9.11. The van der Waals surface area contributed by atoms with Crippen molar-refractivity contribution >= 4 is 28.8 Å². The summed E-state index contributed by atoms with van der Waals surface area (Å²) in [5, 5.41) is 9.54. The Hall–Kier alpha value is -1.75. The van der Waals surface area contributed by atoms with E-state index in [-0.39, 0.29) is 5.75 Å². The first kappa shape index (κ1) is 13.7. The number of rotatable bonds is 6. The Kier molecular flexibility index (Phi) is 4.27. The molecule has 0 spiro atoms. The van der Waals surface area contributed by atoms with Crippen LogP contribution in [0.4, 0.5) is 0 Å². The van der Waals surface area contributed by atoms with E-state index in [2.05, 4.69) is 16.1 Å². The van der Waals surface area contributed by atoms with Crippen LogP contribution in [0.25, 0.3) is 11.0 Å². The zero-order valence-corrected chi connectivity index (χ0v) is 11.6. The minimum absolute atomic E-state index is 0.0242. The smallest absolute Gasteiger partial charge is 0.313 e. The molecule has 2 rings (SSSR count). The van der Waals surface area contributed by atoms with Gasteiger partial charge in [0, 0.05) is 6.54 Å². The second-order valence-electron chi connectivity index (χ2n) is 4.30. The van der Waals surface area contributed by atoms with E-state index in [0.29, 0.717) is 0 Å². The Morgan fingerprint density at radius 3 is 3.05 bits per heavy atom. The minimum atomic E-state index is -0.830. The summed E-state index contributed by atoms with van der Waals surface area (Å²) in [6.07, 6.45) is 2.69. The number of aryl methyl sites for hydroxylation is 2. The van der Waals surface area contributed by atoms with Crippen LogP contribution in [-0.2, 0) is 11.3 Å². The van der Waals surface area contributed by atoms with Crippen molar-refractivity contribution in [3.05, 3.63) is 36.4 Å². The molecule has 1 aromatic heterocycles. The fraction of sp³-hybridized carbons (Fsp3) is 0.286. The lowest BCUT2D eigenvalue weighted by Gasteiger charge is -2.06. The molecule has 1 aromatic carbocycles. The zero-order valence-electron chi connectivity index (χ0n) is 10.8. The van der Waals surface area contributed by atoms with Crippen LogP contribution in [0.2, 0.25) is 0 Å². The summed E-state index contributed by atoms with van der Waals surface area (Å²) in [5.74, 6) is -0.806. The predicted molar refractivity (Wildman–Crippen MR) is 77.6 cm³/mol. The third-order valence-corrected chi connectivity index (χ3v) is 3.71. The maximum atomic E-state index is 10.7. The van der Waals surface area contributed by atoms with E-state index in [9.17, 15) is 4.79 Å². The number of hydrogen-bond donors (Lipinski definition) is 1. The largest absolute Gasteiger partial charge is 0.481 e. The topological polar surface area (TPSA) is 55.1 Å². The number of hydrogen-bond acceptors (Lipinski definition) is 3. The number of nitrogens with zero attached hydrogens (tertiary/aromatic N) is 2. The van der Waals surface area contributed by atoms with Gasteiger partial charge in [-0.1, -0.05) is 23.9 Å². The summed E-state index contributed by atoms with van der Waals surface area (Å²) >= 11 is 1.26. The highest BCUT2D eigenvalue weighted by Crippen LogP contribution is 2.25. The fourth-order valence-electron chi connectivity index (χ4n) is 1.89. The first-order valence-electron chi connectivity index (χ1n) is 6.04. The molecule has 0 radical (unpaired) electrons. The fourth-order valence-corrected chi connectivity index (χ4v) is 2.65. The Morgan fingerprint density at radius 1 is 1.58 bits per heavy atom. The van der Waals surface area contributed by atoms with Crippen molar-refractivity contribution in [2.75, 3.05) is 5.75 Å². The van der Waals surface area contributed by atoms with Gasteiger partial charge in [0.25, 0.3) is 0 Å². The van der Waals surface area contributed by atoms with Crippen molar-refractivity contribution in [1.82, 2.24) is 9.55 Å². The molecule has 0 saturated carbocycles. The van der Waals surface area contributed by atoms with Gasteiger partial charge in [0.15, 0.2) is 5.16 Å². The van der Waals surface area contributed by atoms with Gasteiger partial charge in [-0.25, -0.2) is 4.98 Å². The number of allylic oxidation sites excluding steroid dienone is 1. The van der Waals surface area contributed by atoms with Crippen molar-refractivity contribution in [2.45, 2.75) is 25.0 Å². The molecule has 2 aromatic rings. The molecule has 100 valence electrons. The van der Waals surface area contributed by atoms with Gasteiger partial charge in [-0.3, -0.25) is 4.79 Å². The minimum Gasteiger partial charge on any atom is -0.481 e. The van der Waals surface area contributed by atoms with E-state index < -0.39 is 5.97 Å². The maximum absolute atomic E-state index is 10.7. The predicted octanol–water partition coefficient (Wildman–Crippen LogP) is 3.10. The lowest BCUT2D eigenvalue weighted by molar-refractivity contribution is -0.133. The summed E-state index contributed by atoms with van der Waals surface area (Å²) in [6, 6.07) is 6.09. The summed E-state index contributed by atoms with van der Waals surface area (Å²) in [7, 11) is 0. The van der Waals surface area contributed by atoms with Crippen LogP contribution >= 0.6 is 11.8 Å². The number of aromatic nitrogens is 2. The second-order valence-corrected chi connectivity index (χ2v) is 5.24. The quantitative estimate of drug-likeness (QED) is 0.650. The Balaban J connectivity index is 2.41. The number of benzene rings is 1. The van der Waals surface area contributed by atoms with Crippen LogP contribution in [0.1, 0.15) is 12.0 Å². The van der Waals surface area contributed by atoms with Crippen LogP contribution in [0, 0.1) is 6.92 Å². The van der Waals surface area contributed by atoms with Gasteiger partial charge >= 0.3 is 5.97 Å². The van der Waals surface area contributed by atoms with Crippen molar-refractivity contribution in [2.24, 2.45) is 0 Å². The molecule has 0 amide bonds. The molecule has 0 atom stereocenters. The van der Waals surface area contributed by atoms with E-state index >= 15 is 0 Å². The summed E-state index contributed by atoms with van der Waals surface area (Å²) < 4.78 is 2.06. The molecule has 0 aliphatic heterocycles. The van der Waals surface area contributed by atoms with E-state index in [1.165, 1.54) is 11.8 Å². The molecular formula is C14H16N2O2S. The molecule has 0 fully saturated rings. The maximum Gasteiger partial charge on any atom is 0.313 e. The van der Waals surface area contributed by atoms with Crippen molar-refractivity contribution in [3.63, 3.8) is 0 Å². The standard InChI is InChI=1S/C14H16N2O2S/c1-3-4-7-16-12-6-5-10(2)8-11(12)15-14(16)19-9-13(17)18/h3,5-6,8H,1,4,7,9H2,2H3,(H,17,18). The van der Waals surface area contributed by atoms with Gasteiger partial charge in [-0.15, -0.1) is 6.58 Å². The van der Waals surface area contributed by atoms with Gasteiger partial charge < -0.3 is 9.67 Å². The van der Waals surface area contributed by atoms with E-state index in [4.69, 9.17) is 5.11 Å². The number of imidazole rings is 1. The molecule has 0 aliphatic carbocycles. The molecule has 1 heterocycles. The van der Waals surface area contributed by atoms with Crippen LogP contribution in [0.15, 0.2) is 36.0 Å². The lowest BCUT2D eigenvalue weighted by Crippen LogP contribution is -2.03. The Morgan fingerprint density at radius 2 is 2.37 bits per heavy atom. The normalized spacial score (nSPS) is 10.8.